The maximum atomic E-state index is 11.9. The van der Waals surface area contributed by atoms with Crippen molar-refractivity contribution in [1.82, 2.24) is 0 Å². The Labute approximate surface area is 55.9 Å². The van der Waals surface area contributed by atoms with Crippen molar-refractivity contribution in [1.29, 1.82) is 0 Å². The van der Waals surface area contributed by atoms with E-state index in [0.717, 1.165) is 12.2 Å². The lowest BCUT2D eigenvalue weighted by Crippen LogP contribution is -2.13. The van der Waals surface area contributed by atoms with Crippen LogP contribution in [0.3, 0.4) is 0 Å². The van der Waals surface area contributed by atoms with E-state index in [1.54, 1.807) is 0 Å². The average Bonchev–Trinajstić information content (AvgIpc) is 1.67. The Bertz CT molecular complexity index is 61.5. The van der Waals surface area contributed by atoms with Gasteiger partial charge < -0.3 is 0 Å². The molecule has 0 aromatic carbocycles. The second-order valence-electron chi connectivity index (χ2n) is 2.77. The van der Waals surface area contributed by atoms with Crippen molar-refractivity contribution in [2.45, 2.75) is 20.3 Å². The van der Waals surface area contributed by atoms with Gasteiger partial charge in [-0.15, -0.1) is 0 Å². The predicted molar refractivity (Wildman–Crippen MR) is 38.2 cm³/mol. The van der Waals surface area contributed by atoms with Crippen molar-refractivity contribution in [2.75, 3.05) is 12.4 Å². The summed E-state index contributed by atoms with van der Waals surface area (Å²) in [6, 6.07) is 0. The highest BCUT2D eigenvalue weighted by atomic mass is 32.1. The predicted octanol–water partition coefficient (Wildman–Crippen LogP) is 2.30. The monoisotopic (exact) mass is 136 g/mol. The highest BCUT2D eigenvalue weighted by Gasteiger charge is 2.15. The lowest BCUT2D eigenvalue weighted by Gasteiger charge is -2.17. The fourth-order valence-electron chi connectivity index (χ4n) is 0.369. The van der Waals surface area contributed by atoms with E-state index in [9.17, 15) is 4.39 Å². The molecule has 0 rings (SSSR count). The first-order chi connectivity index (χ1) is 3.62. The molecule has 2 heteroatoms. The molecule has 0 aromatic heterocycles. The van der Waals surface area contributed by atoms with Crippen LogP contribution >= 0.6 is 12.6 Å². The largest absolute Gasteiger partial charge is 0.251 e. The van der Waals surface area contributed by atoms with E-state index >= 15 is 0 Å². The van der Waals surface area contributed by atoms with Crippen molar-refractivity contribution in [3.05, 3.63) is 0 Å². The Balaban J connectivity index is 3.37. The van der Waals surface area contributed by atoms with Crippen LogP contribution in [0.4, 0.5) is 4.39 Å². The van der Waals surface area contributed by atoms with Crippen molar-refractivity contribution >= 4 is 12.6 Å². The summed E-state index contributed by atoms with van der Waals surface area (Å²) in [6.45, 7) is 3.57. The molecule has 0 amide bonds. The van der Waals surface area contributed by atoms with Crippen LogP contribution in [0.2, 0.25) is 0 Å². The van der Waals surface area contributed by atoms with Crippen molar-refractivity contribution < 1.29 is 4.39 Å². The lowest BCUT2D eigenvalue weighted by atomic mass is 9.92. The molecule has 0 saturated heterocycles. The van der Waals surface area contributed by atoms with E-state index in [4.69, 9.17) is 0 Å². The molecule has 0 radical (unpaired) electrons. The first-order valence-electron chi connectivity index (χ1n) is 2.79. The second-order valence-corrected chi connectivity index (χ2v) is 3.22. The quantitative estimate of drug-likeness (QED) is 0.565. The molecule has 0 aliphatic carbocycles. The van der Waals surface area contributed by atoms with Gasteiger partial charge in [-0.25, -0.2) is 0 Å². The van der Waals surface area contributed by atoms with Crippen LogP contribution in [-0.4, -0.2) is 12.4 Å². The van der Waals surface area contributed by atoms with Crippen molar-refractivity contribution in [2.24, 2.45) is 5.41 Å². The molecular formula is C6H13FS. The summed E-state index contributed by atoms with van der Waals surface area (Å²) in [5.41, 5.74) is -0.151. The molecule has 8 heavy (non-hydrogen) atoms. The third-order valence-electron chi connectivity index (χ3n) is 1.15. The zero-order chi connectivity index (χ0) is 6.62. The zero-order valence-corrected chi connectivity index (χ0v) is 6.34. The summed E-state index contributed by atoms with van der Waals surface area (Å²) in [4.78, 5) is 0. The summed E-state index contributed by atoms with van der Waals surface area (Å²) in [6.07, 6.45) is 0.854. The molecule has 0 nitrogen and oxygen atoms in total. The Kier molecular flexibility index (Phi) is 3.45. The smallest absolute Gasteiger partial charge is 0.0945 e. The summed E-state index contributed by atoms with van der Waals surface area (Å²) in [5.74, 6) is 0.775. The maximum absolute atomic E-state index is 11.9. The van der Waals surface area contributed by atoms with E-state index in [0.29, 0.717) is 0 Å². The standard InChI is InChI=1S/C6H13FS/c1-6(2,5-7)3-4-8/h8H,3-5H2,1-2H3. The lowest BCUT2D eigenvalue weighted by molar-refractivity contribution is 0.251. The number of hydrogen-bond acceptors (Lipinski definition) is 1. The molecule has 0 spiro atoms. The van der Waals surface area contributed by atoms with Gasteiger partial charge in [-0.2, -0.15) is 12.6 Å². The normalized spacial score (nSPS) is 12.0. The van der Waals surface area contributed by atoms with Crippen LogP contribution in [0.25, 0.3) is 0 Å². The van der Waals surface area contributed by atoms with Gasteiger partial charge in [0.25, 0.3) is 0 Å². The fraction of sp³-hybridized carbons (Fsp3) is 1.00. The van der Waals surface area contributed by atoms with Gasteiger partial charge in [-0.05, 0) is 17.6 Å². The topological polar surface area (TPSA) is 0 Å². The van der Waals surface area contributed by atoms with Gasteiger partial charge in [0.2, 0.25) is 0 Å². The highest BCUT2D eigenvalue weighted by molar-refractivity contribution is 7.80. The van der Waals surface area contributed by atoms with Gasteiger partial charge >= 0.3 is 0 Å². The molecule has 0 unspecified atom stereocenters. The van der Waals surface area contributed by atoms with Crippen molar-refractivity contribution in [3.8, 4) is 0 Å². The minimum Gasteiger partial charge on any atom is -0.251 e. The first kappa shape index (κ1) is 8.28. The summed E-state index contributed by atoms with van der Waals surface area (Å²) in [7, 11) is 0. The van der Waals surface area contributed by atoms with Crippen molar-refractivity contribution in [3.63, 3.8) is 0 Å². The van der Waals surface area contributed by atoms with E-state index in [-0.39, 0.29) is 12.1 Å². The molecule has 0 atom stereocenters. The Hall–Kier alpha value is 0.280. The van der Waals surface area contributed by atoms with Gasteiger partial charge in [0, 0.05) is 0 Å². The number of alkyl halides is 1. The maximum Gasteiger partial charge on any atom is 0.0945 e. The molecule has 0 aromatic rings. The van der Waals surface area contributed by atoms with Crippen LogP contribution in [0.15, 0.2) is 0 Å². The van der Waals surface area contributed by atoms with E-state index in [2.05, 4.69) is 12.6 Å². The Morgan fingerprint density at radius 1 is 1.50 bits per heavy atom. The van der Waals surface area contributed by atoms with Crippen LogP contribution < -0.4 is 0 Å². The van der Waals surface area contributed by atoms with Gasteiger partial charge in [0.1, 0.15) is 0 Å². The molecule has 0 fully saturated rings. The average molecular weight is 136 g/mol. The van der Waals surface area contributed by atoms with Crippen LogP contribution in [0.1, 0.15) is 20.3 Å². The number of thiol groups is 1. The van der Waals surface area contributed by atoms with Gasteiger partial charge in [0.05, 0.1) is 6.67 Å². The molecule has 0 saturated carbocycles. The van der Waals surface area contributed by atoms with Crippen LogP contribution in [-0.2, 0) is 0 Å². The molecule has 0 aliphatic heterocycles. The molecular weight excluding hydrogens is 123 g/mol. The van der Waals surface area contributed by atoms with E-state index < -0.39 is 0 Å². The Morgan fingerprint density at radius 2 is 2.00 bits per heavy atom. The van der Waals surface area contributed by atoms with Gasteiger partial charge in [0.15, 0.2) is 0 Å². The number of halogens is 1. The summed E-state index contributed by atoms with van der Waals surface area (Å²) >= 11 is 4.00. The van der Waals surface area contributed by atoms with E-state index in [1.807, 2.05) is 13.8 Å². The molecule has 50 valence electrons. The molecule has 0 aliphatic rings. The van der Waals surface area contributed by atoms with Crippen LogP contribution in [0.5, 0.6) is 0 Å². The van der Waals surface area contributed by atoms with E-state index in [1.165, 1.54) is 0 Å². The Morgan fingerprint density at radius 3 is 2.12 bits per heavy atom. The van der Waals surface area contributed by atoms with Crippen LogP contribution in [0, 0.1) is 5.41 Å². The highest BCUT2D eigenvalue weighted by Crippen LogP contribution is 2.20. The first-order valence-corrected chi connectivity index (χ1v) is 3.42. The SMILES string of the molecule is CC(C)(CF)CCS. The molecule has 0 heterocycles. The second kappa shape index (κ2) is 3.33. The zero-order valence-electron chi connectivity index (χ0n) is 5.45. The fourth-order valence-corrected chi connectivity index (χ4v) is 0.975. The third kappa shape index (κ3) is 3.30. The number of rotatable bonds is 3. The van der Waals surface area contributed by atoms with Gasteiger partial charge in [-0.3, -0.25) is 4.39 Å². The third-order valence-corrected chi connectivity index (χ3v) is 1.37. The molecule has 0 N–H and O–H groups in total. The summed E-state index contributed by atoms with van der Waals surface area (Å²) in [5, 5.41) is 0. The summed E-state index contributed by atoms with van der Waals surface area (Å²) < 4.78 is 11.9. The molecule has 0 bridgehead atoms. The van der Waals surface area contributed by atoms with Gasteiger partial charge in [-0.1, -0.05) is 13.8 Å². The minimum absolute atomic E-state index is 0.151. The minimum atomic E-state index is -0.243. The number of hydrogen-bond donors (Lipinski definition) is 1.